The van der Waals surface area contributed by atoms with E-state index in [1.807, 2.05) is 6.92 Å². The van der Waals surface area contributed by atoms with Crippen molar-refractivity contribution in [2.75, 3.05) is 11.9 Å². The van der Waals surface area contributed by atoms with E-state index in [-0.39, 0.29) is 17.0 Å². The summed E-state index contributed by atoms with van der Waals surface area (Å²) < 4.78 is 13.6. The van der Waals surface area contributed by atoms with Gasteiger partial charge in [0.25, 0.3) is 0 Å². The van der Waals surface area contributed by atoms with Crippen molar-refractivity contribution in [3.8, 4) is 0 Å². The Morgan fingerprint density at radius 3 is 2.78 bits per heavy atom. The minimum Gasteiger partial charge on any atom is -0.360 e. The van der Waals surface area contributed by atoms with Crippen LogP contribution < -0.4 is 10.6 Å². The zero-order valence-corrected chi connectivity index (χ0v) is 14.6. The lowest BCUT2D eigenvalue weighted by Gasteiger charge is -2.10. The maximum atomic E-state index is 12.8. The summed E-state index contributed by atoms with van der Waals surface area (Å²) in [6.45, 7) is 5.14. The van der Waals surface area contributed by atoms with Gasteiger partial charge in [0.05, 0.1) is 5.25 Å². The smallest absolute Gasteiger partial charge is 0.233 e. The molecule has 0 fully saturated rings. The largest absolute Gasteiger partial charge is 0.360 e. The Balaban J connectivity index is 1.80. The summed E-state index contributed by atoms with van der Waals surface area (Å²) >= 11 is 2.82. The zero-order chi connectivity index (χ0) is 16.7. The van der Waals surface area contributed by atoms with E-state index in [9.17, 15) is 9.18 Å². The lowest BCUT2D eigenvalue weighted by Crippen LogP contribution is -2.30. The zero-order valence-electron chi connectivity index (χ0n) is 13.0. The van der Waals surface area contributed by atoms with E-state index in [2.05, 4.69) is 27.8 Å². The number of rotatable bonds is 8. The Kier molecular flexibility index (Phi) is 6.79. The molecule has 23 heavy (non-hydrogen) atoms. The van der Waals surface area contributed by atoms with Crippen LogP contribution in [0.4, 0.5) is 9.52 Å². The number of anilines is 1. The second kappa shape index (κ2) is 8.83. The number of hydrogen-bond donors (Lipinski definition) is 2. The highest BCUT2D eigenvalue weighted by molar-refractivity contribution is 8.02. The number of amides is 1. The molecule has 2 aromatic rings. The number of carbonyl (C=O) groups is 1. The van der Waals surface area contributed by atoms with Crippen LogP contribution in [0.25, 0.3) is 0 Å². The van der Waals surface area contributed by atoms with E-state index >= 15 is 0 Å². The molecule has 0 saturated heterocycles. The van der Waals surface area contributed by atoms with Gasteiger partial charge in [-0.05, 0) is 31.0 Å². The molecule has 2 N–H and O–H groups in total. The fraction of sp³-hybridized carbons (Fsp3) is 0.400. The molecule has 8 heteroatoms. The van der Waals surface area contributed by atoms with E-state index in [1.54, 1.807) is 12.1 Å². The average molecular weight is 354 g/mol. The van der Waals surface area contributed by atoms with E-state index in [1.165, 1.54) is 35.2 Å². The predicted octanol–water partition coefficient (Wildman–Crippen LogP) is 3.30. The van der Waals surface area contributed by atoms with Gasteiger partial charge < -0.3 is 10.6 Å². The number of nitrogens with zero attached hydrogens (tertiary/aromatic N) is 2. The highest BCUT2D eigenvalue weighted by Gasteiger charge is 2.16. The van der Waals surface area contributed by atoms with Gasteiger partial charge >= 0.3 is 0 Å². The number of nitrogens with one attached hydrogen (secondary N) is 2. The van der Waals surface area contributed by atoms with Gasteiger partial charge in [0, 0.05) is 13.1 Å². The predicted molar refractivity (Wildman–Crippen MR) is 92.3 cm³/mol. The van der Waals surface area contributed by atoms with Crippen molar-refractivity contribution in [3.05, 3.63) is 35.6 Å². The van der Waals surface area contributed by atoms with Crippen molar-refractivity contribution < 1.29 is 9.18 Å². The van der Waals surface area contributed by atoms with Crippen LogP contribution in [0.5, 0.6) is 0 Å². The molecule has 0 spiro atoms. The Hall–Kier alpha value is -1.67. The summed E-state index contributed by atoms with van der Waals surface area (Å²) in [7, 11) is 0. The van der Waals surface area contributed by atoms with Gasteiger partial charge in [-0.15, -0.1) is 10.2 Å². The number of hydrogen-bond acceptors (Lipinski definition) is 6. The molecule has 5 nitrogen and oxygen atoms in total. The second-order valence-corrected chi connectivity index (χ2v) is 7.47. The van der Waals surface area contributed by atoms with Crippen LogP contribution in [0.1, 0.15) is 25.8 Å². The third-order valence-electron chi connectivity index (χ3n) is 2.96. The Morgan fingerprint density at radius 2 is 2.09 bits per heavy atom. The molecule has 0 aliphatic carbocycles. The average Bonchev–Trinajstić information content (AvgIpc) is 2.99. The van der Waals surface area contributed by atoms with Crippen LogP contribution in [0.2, 0.25) is 0 Å². The lowest BCUT2D eigenvalue weighted by molar-refractivity contribution is -0.120. The number of carbonyl (C=O) groups excluding carboxylic acids is 1. The van der Waals surface area contributed by atoms with E-state index in [0.29, 0.717) is 6.54 Å². The SMILES string of the molecule is CCCNc1nnc(S[C@H](C)C(=O)NCc2ccc(F)cc2)s1. The molecule has 0 bridgehead atoms. The van der Waals surface area contributed by atoms with Gasteiger partial charge in [-0.3, -0.25) is 4.79 Å². The number of benzene rings is 1. The summed E-state index contributed by atoms with van der Waals surface area (Å²) in [5, 5.41) is 14.6. The fourth-order valence-electron chi connectivity index (χ4n) is 1.70. The molecule has 1 atom stereocenters. The monoisotopic (exact) mass is 354 g/mol. The van der Waals surface area contributed by atoms with Crippen molar-refractivity contribution in [2.24, 2.45) is 0 Å². The van der Waals surface area contributed by atoms with Gasteiger partial charge in [-0.2, -0.15) is 0 Å². The molecule has 1 aromatic carbocycles. The molecule has 124 valence electrons. The molecule has 0 unspecified atom stereocenters. The first kappa shape index (κ1) is 17.7. The van der Waals surface area contributed by atoms with E-state index in [0.717, 1.165) is 28.0 Å². The molecule has 2 rings (SSSR count). The molecule has 1 amide bonds. The van der Waals surface area contributed by atoms with Crippen LogP contribution in [0, 0.1) is 5.82 Å². The van der Waals surface area contributed by atoms with Gasteiger partial charge in [0.15, 0.2) is 4.34 Å². The molecule has 0 radical (unpaired) electrons. The molecule has 1 heterocycles. The highest BCUT2D eigenvalue weighted by Crippen LogP contribution is 2.28. The van der Waals surface area contributed by atoms with Gasteiger partial charge in [-0.25, -0.2) is 4.39 Å². The van der Waals surface area contributed by atoms with Gasteiger partial charge in [-0.1, -0.05) is 42.2 Å². The second-order valence-electron chi connectivity index (χ2n) is 4.90. The first-order valence-electron chi connectivity index (χ1n) is 7.34. The van der Waals surface area contributed by atoms with Gasteiger partial charge in [0.2, 0.25) is 11.0 Å². The minimum absolute atomic E-state index is 0.0856. The standard InChI is InChI=1S/C15H19FN4OS2/c1-3-8-17-14-19-20-15(23-14)22-10(2)13(21)18-9-11-4-6-12(16)7-5-11/h4-7,10H,3,8-9H2,1-2H3,(H,17,19)(H,18,21)/t10-/m1/s1. The number of thioether (sulfide) groups is 1. The van der Waals surface area contributed by atoms with Crippen LogP contribution in [0.3, 0.4) is 0 Å². The molecular weight excluding hydrogens is 335 g/mol. The molecule has 0 aliphatic heterocycles. The van der Waals surface area contributed by atoms with Crippen molar-refractivity contribution >= 4 is 34.1 Å². The first-order chi connectivity index (χ1) is 11.1. The van der Waals surface area contributed by atoms with E-state index < -0.39 is 0 Å². The maximum Gasteiger partial charge on any atom is 0.233 e. The number of halogens is 1. The van der Waals surface area contributed by atoms with Crippen LogP contribution in [-0.4, -0.2) is 27.9 Å². The summed E-state index contributed by atoms with van der Waals surface area (Å²) in [5.74, 6) is -0.370. The van der Waals surface area contributed by atoms with Crippen molar-refractivity contribution in [1.29, 1.82) is 0 Å². The third kappa shape index (κ3) is 5.80. The maximum absolute atomic E-state index is 12.8. The lowest BCUT2D eigenvalue weighted by atomic mass is 10.2. The van der Waals surface area contributed by atoms with Crippen molar-refractivity contribution in [2.45, 2.75) is 36.4 Å². The van der Waals surface area contributed by atoms with Gasteiger partial charge in [0.1, 0.15) is 5.82 Å². The fourth-order valence-corrected chi connectivity index (χ4v) is 3.65. The highest BCUT2D eigenvalue weighted by atomic mass is 32.2. The Bertz CT molecular complexity index is 633. The molecule has 0 saturated carbocycles. The van der Waals surface area contributed by atoms with Crippen LogP contribution >= 0.6 is 23.1 Å². The Labute approximate surface area is 143 Å². The topological polar surface area (TPSA) is 66.9 Å². The Morgan fingerprint density at radius 1 is 1.35 bits per heavy atom. The third-order valence-corrected chi connectivity index (χ3v) is 5.02. The van der Waals surface area contributed by atoms with Crippen LogP contribution in [0.15, 0.2) is 28.6 Å². The summed E-state index contributed by atoms with van der Waals surface area (Å²) in [6.07, 6.45) is 1.02. The molecular formula is C15H19FN4OS2. The quantitative estimate of drug-likeness (QED) is 0.712. The summed E-state index contributed by atoms with van der Waals surface area (Å²) in [5.41, 5.74) is 0.860. The summed E-state index contributed by atoms with van der Waals surface area (Å²) in [4.78, 5) is 12.1. The van der Waals surface area contributed by atoms with E-state index in [4.69, 9.17) is 0 Å². The molecule has 0 aliphatic rings. The van der Waals surface area contributed by atoms with Crippen molar-refractivity contribution in [1.82, 2.24) is 15.5 Å². The molecule has 1 aromatic heterocycles. The first-order valence-corrected chi connectivity index (χ1v) is 9.04. The normalized spacial score (nSPS) is 12.0. The van der Waals surface area contributed by atoms with Crippen LogP contribution in [-0.2, 0) is 11.3 Å². The summed E-state index contributed by atoms with van der Waals surface area (Å²) in [6, 6.07) is 6.07. The number of aromatic nitrogens is 2. The van der Waals surface area contributed by atoms with Crippen molar-refractivity contribution in [3.63, 3.8) is 0 Å². The minimum atomic E-state index is -0.284.